The summed E-state index contributed by atoms with van der Waals surface area (Å²) in [5.74, 6) is -0.996. The Bertz CT molecular complexity index is 1290. The Hall–Kier alpha value is -3.41. The van der Waals surface area contributed by atoms with Gasteiger partial charge in [0.1, 0.15) is 13.2 Å². The van der Waals surface area contributed by atoms with Crippen molar-refractivity contribution in [2.45, 2.75) is 264 Å². The SMILES string of the molecule is CCCCC/C=C\C/C=C\C/C=C\C/C=C\CCCC(=O)OC(COC(=O)CCCCC/C=C\CCCCCCCC)COC(=O)CCCCCCC/C=C\C=C/CCCCCCCCC. The summed E-state index contributed by atoms with van der Waals surface area (Å²) in [5.41, 5.74) is 0. The summed E-state index contributed by atoms with van der Waals surface area (Å²) < 4.78 is 16.8. The summed E-state index contributed by atoms with van der Waals surface area (Å²) in [5, 5.41) is 0. The lowest BCUT2D eigenvalue weighted by atomic mass is 10.1. The Morgan fingerprint density at radius 1 is 0.318 bits per heavy atom. The van der Waals surface area contributed by atoms with E-state index in [0.717, 1.165) is 96.3 Å². The standard InChI is InChI=1S/C60H102O6/c1-4-7-10-13-16-19-22-25-27-29-31-32-35-38-41-44-47-50-53-59(62)65-56-57(55-64-58(61)52-49-46-43-40-37-34-24-21-18-15-12-9-6-3)66-60(63)54-51-48-45-42-39-36-33-30-28-26-23-20-17-14-11-8-5-2/h17,20,26-29,31-34,36-37,42,45,57H,4-16,18-19,21-25,30,35,38-41,43-44,46-56H2,1-3H3/b20-17-,28-26-,29-27-,32-31-,36-33-,37-34-,45-42-. The van der Waals surface area contributed by atoms with Gasteiger partial charge in [-0.3, -0.25) is 14.4 Å². The maximum absolute atomic E-state index is 12.8. The summed E-state index contributed by atoms with van der Waals surface area (Å²) >= 11 is 0. The molecule has 0 saturated carbocycles. The van der Waals surface area contributed by atoms with E-state index in [0.29, 0.717) is 19.3 Å². The second kappa shape index (κ2) is 54.2. The molecule has 1 unspecified atom stereocenters. The molecule has 66 heavy (non-hydrogen) atoms. The van der Waals surface area contributed by atoms with Crippen LogP contribution in [0.2, 0.25) is 0 Å². The fourth-order valence-corrected chi connectivity index (χ4v) is 7.42. The van der Waals surface area contributed by atoms with Crippen molar-refractivity contribution in [3.05, 3.63) is 85.1 Å². The van der Waals surface area contributed by atoms with Crippen LogP contribution in [0.3, 0.4) is 0 Å². The summed E-state index contributed by atoms with van der Waals surface area (Å²) in [4.78, 5) is 38.0. The van der Waals surface area contributed by atoms with Gasteiger partial charge in [0.2, 0.25) is 0 Å². The van der Waals surface area contributed by atoms with E-state index in [1.807, 2.05) is 0 Å². The second-order valence-corrected chi connectivity index (χ2v) is 18.2. The zero-order valence-electron chi connectivity index (χ0n) is 43.2. The van der Waals surface area contributed by atoms with Crippen LogP contribution in [0.5, 0.6) is 0 Å². The molecule has 6 heteroatoms. The number of ether oxygens (including phenoxy) is 3. The van der Waals surface area contributed by atoms with Gasteiger partial charge in [0.15, 0.2) is 6.10 Å². The Morgan fingerprint density at radius 3 is 1.05 bits per heavy atom. The highest BCUT2D eigenvalue weighted by Crippen LogP contribution is 2.13. The molecular formula is C60H102O6. The predicted octanol–water partition coefficient (Wildman–Crippen LogP) is 18.4. The lowest BCUT2D eigenvalue weighted by Gasteiger charge is -2.18. The maximum atomic E-state index is 12.8. The fourth-order valence-electron chi connectivity index (χ4n) is 7.42. The molecule has 0 N–H and O–H groups in total. The third-order valence-corrected chi connectivity index (χ3v) is 11.6. The minimum absolute atomic E-state index is 0.111. The highest BCUT2D eigenvalue weighted by molar-refractivity contribution is 5.71. The van der Waals surface area contributed by atoms with Crippen molar-refractivity contribution in [1.82, 2.24) is 0 Å². The molecule has 0 saturated heterocycles. The molecule has 0 aliphatic carbocycles. The van der Waals surface area contributed by atoms with E-state index in [9.17, 15) is 14.4 Å². The molecule has 6 nitrogen and oxygen atoms in total. The number of unbranched alkanes of at least 4 members (excludes halogenated alkanes) is 25. The Balaban J connectivity index is 4.51. The maximum Gasteiger partial charge on any atom is 0.306 e. The van der Waals surface area contributed by atoms with Gasteiger partial charge < -0.3 is 14.2 Å². The summed E-state index contributed by atoms with van der Waals surface area (Å²) in [6.07, 6.45) is 70.0. The molecule has 0 bridgehead atoms. The van der Waals surface area contributed by atoms with Crippen LogP contribution in [0.4, 0.5) is 0 Å². The van der Waals surface area contributed by atoms with Gasteiger partial charge in [0.05, 0.1) is 0 Å². The van der Waals surface area contributed by atoms with E-state index >= 15 is 0 Å². The van der Waals surface area contributed by atoms with Crippen LogP contribution >= 0.6 is 0 Å². The van der Waals surface area contributed by atoms with Gasteiger partial charge in [-0.2, -0.15) is 0 Å². The highest BCUT2D eigenvalue weighted by atomic mass is 16.6. The molecule has 0 aromatic carbocycles. The van der Waals surface area contributed by atoms with Crippen molar-refractivity contribution >= 4 is 17.9 Å². The quantitative estimate of drug-likeness (QED) is 0.0199. The number of carbonyl (C=O) groups is 3. The average molecular weight is 919 g/mol. The molecule has 0 spiro atoms. The fraction of sp³-hybridized carbons (Fsp3) is 0.717. The molecule has 378 valence electrons. The van der Waals surface area contributed by atoms with Crippen LogP contribution in [0.1, 0.15) is 258 Å². The molecule has 0 aromatic rings. The first kappa shape index (κ1) is 62.6. The Morgan fingerprint density at radius 2 is 0.606 bits per heavy atom. The lowest BCUT2D eigenvalue weighted by Crippen LogP contribution is -2.30. The van der Waals surface area contributed by atoms with Crippen molar-refractivity contribution in [3.8, 4) is 0 Å². The van der Waals surface area contributed by atoms with Gasteiger partial charge >= 0.3 is 17.9 Å². The largest absolute Gasteiger partial charge is 0.462 e. The van der Waals surface area contributed by atoms with E-state index in [2.05, 4.69) is 106 Å². The number of hydrogen-bond donors (Lipinski definition) is 0. The van der Waals surface area contributed by atoms with Crippen molar-refractivity contribution in [3.63, 3.8) is 0 Å². The first-order valence-electron chi connectivity index (χ1n) is 27.6. The molecule has 0 radical (unpaired) electrons. The summed E-state index contributed by atoms with van der Waals surface area (Å²) in [7, 11) is 0. The topological polar surface area (TPSA) is 78.9 Å². The number of hydrogen-bond acceptors (Lipinski definition) is 6. The number of esters is 3. The van der Waals surface area contributed by atoms with Gasteiger partial charge in [-0.15, -0.1) is 0 Å². The minimum atomic E-state index is -0.818. The molecule has 0 heterocycles. The number of allylic oxidation sites excluding steroid dienone is 14. The van der Waals surface area contributed by atoms with Gasteiger partial charge in [0, 0.05) is 19.3 Å². The first-order chi connectivity index (χ1) is 32.5. The van der Waals surface area contributed by atoms with Crippen molar-refractivity contribution in [1.29, 1.82) is 0 Å². The average Bonchev–Trinajstić information content (AvgIpc) is 3.31. The van der Waals surface area contributed by atoms with Crippen LogP contribution in [-0.2, 0) is 28.6 Å². The van der Waals surface area contributed by atoms with E-state index in [-0.39, 0.29) is 37.5 Å². The van der Waals surface area contributed by atoms with Crippen LogP contribution < -0.4 is 0 Å². The highest BCUT2D eigenvalue weighted by Gasteiger charge is 2.19. The summed E-state index contributed by atoms with van der Waals surface area (Å²) in [6, 6.07) is 0. The molecule has 0 rings (SSSR count). The van der Waals surface area contributed by atoms with Gasteiger partial charge in [-0.05, 0) is 109 Å². The first-order valence-corrected chi connectivity index (χ1v) is 27.6. The zero-order chi connectivity index (χ0) is 47.9. The van der Waals surface area contributed by atoms with Crippen LogP contribution in [0.15, 0.2) is 85.1 Å². The van der Waals surface area contributed by atoms with Crippen LogP contribution in [0.25, 0.3) is 0 Å². The predicted molar refractivity (Wildman–Crippen MR) is 284 cm³/mol. The van der Waals surface area contributed by atoms with Crippen molar-refractivity contribution in [2.75, 3.05) is 13.2 Å². The van der Waals surface area contributed by atoms with E-state index in [4.69, 9.17) is 14.2 Å². The van der Waals surface area contributed by atoms with Crippen LogP contribution in [0, 0.1) is 0 Å². The Labute approximate surface area is 407 Å². The number of rotatable bonds is 49. The van der Waals surface area contributed by atoms with Crippen LogP contribution in [-0.4, -0.2) is 37.2 Å². The minimum Gasteiger partial charge on any atom is -0.462 e. The van der Waals surface area contributed by atoms with Gasteiger partial charge in [-0.25, -0.2) is 0 Å². The van der Waals surface area contributed by atoms with Gasteiger partial charge in [0.25, 0.3) is 0 Å². The molecular weight excluding hydrogens is 817 g/mol. The molecule has 0 aliphatic rings. The monoisotopic (exact) mass is 919 g/mol. The normalized spacial score (nSPS) is 12.7. The lowest BCUT2D eigenvalue weighted by molar-refractivity contribution is -0.167. The molecule has 0 amide bonds. The second-order valence-electron chi connectivity index (χ2n) is 18.2. The third kappa shape index (κ3) is 51.6. The number of carbonyl (C=O) groups excluding carboxylic acids is 3. The smallest absolute Gasteiger partial charge is 0.306 e. The molecule has 0 aromatic heterocycles. The molecule has 1 atom stereocenters. The van der Waals surface area contributed by atoms with Crippen molar-refractivity contribution < 1.29 is 28.6 Å². The Kier molecular flexibility index (Phi) is 51.4. The molecule has 0 fully saturated rings. The van der Waals surface area contributed by atoms with E-state index in [1.54, 1.807) is 0 Å². The van der Waals surface area contributed by atoms with Gasteiger partial charge in [-0.1, -0.05) is 215 Å². The van der Waals surface area contributed by atoms with Crippen molar-refractivity contribution in [2.24, 2.45) is 0 Å². The molecule has 0 aliphatic heterocycles. The van der Waals surface area contributed by atoms with E-state index in [1.165, 1.54) is 116 Å². The zero-order valence-corrected chi connectivity index (χ0v) is 43.2. The summed E-state index contributed by atoms with van der Waals surface area (Å²) in [6.45, 7) is 6.53. The van der Waals surface area contributed by atoms with E-state index < -0.39 is 6.10 Å². The third-order valence-electron chi connectivity index (χ3n) is 11.6.